The highest BCUT2D eigenvalue weighted by Crippen LogP contribution is 2.05. The first-order chi connectivity index (χ1) is 7.74. The van der Waals surface area contributed by atoms with Crippen LogP contribution in [0.2, 0.25) is 0 Å². The van der Waals surface area contributed by atoms with Crippen molar-refractivity contribution in [2.75, 3.05) is 0 Å². The van der Waals surface area contributed by atoms with Crippen LogP contribution in [0.25, 0.3) is 0 Å². The summed E-state index contributed by atoms with van der Waals surface area (Å²) in [4.78, 5) is 0. The summed E-state index contributed by atoms with van der Waals surface area (Å²) >= 11 is 0. The average molecular weight is 305 g/mol. The second-order valence-electron chi connectivity index (χ2n) is 4.50. The number of aromatic nitrogens is 2. The van der Waals surface area contributed by atoms with Gasteiger partial charge >= 0.3 is 0 Å². The molecule has 0 saturated heterocycles. The Hall–Kier alpha value is -0.350. The zero-order valence-corrected chi connectivity index (χ0v) is 12.6. The predicted octanol–water partition coefficient (Wildman–Crippen LogP) is -0.349. The number of hydrogen-bond donors (Lipinski definition) is 1. The minimum atomic E-state index is -0.425. The molecule has 0 aromatic carbocycles. The molecule has 1 unspecified atom stereocenters. The lowest BCUT2D eigenvalue weighted by molar-refractivity contribution is -0.697. The maximum absolute atomic E-state index is 9.36. The molecular weight excluding hydrogens is 280 g/mol. The van der Waals surface area contributed by atoms with E-state index < -0.39 is 6.23 Å². The Morgan fingerprint density at radius 1 is 1.18 bits per heavy atom. The maximum atomic E-state index is 9.36. The molecule has 1 rings (SSSR count). The number of halogens is 1. The van der Waals surface area contributed by atoms with E-state index in [9.17, 15) is 5.11 Å². The molecule has 1 aromatic rings. The van der Waals surface area contributed by atoms with Gasteiger partial charge in [-0.15, -0.1) is 0 Å². The van der Waals surface area contributed by atoms with E-state index in [4.69, 9.17) is 0 Å². The summed E-state index contributed by atoms with van der Waals surface area (Å²) in [5, 5.41) is 9.36. The lowest BCUT2D eigenvalue weighted by Crippen LogP contribution is -3.00. The Morgan fingerprint density at radius 3 is 2.41 bits per heavy atom. The number of imidazole rings is 1. The molecule has 1 aromatic heterocycles. The van der Waals surface area contributed by atoms with Gasteiger partial charge in [-0.25, -0.2) is 9.13 Å². The van der Waals surface area contributed by atoms with Crippen LogP contribution >= 0.6 is 0 Å². The second-order valence-corrected chi connectivity index (χ2v) is 4.50. The van der Waals surface area contributed by atoms with Gasteiger partial charge in [-0.3, -0.25) is 0 Å². The number of aliphatic hydroxyl groups is 1. The van der Waals surface area contributed by atoms with Crippen molar-refractivity contribution in [3.8, 4) is 0 Å². The van der Waals surface area contributed by atoms with Crippen molar-refractivity contribution >= 4 is 0 Å². The number of nitrogens with zero attached hydrogens (tertiary/aromatic N) is 2. The van der Waals surface area contributed by atoms with Crippen molar-refractivity contribution in [3.05, 3.63) is 18.7 Å². The fourth-order valence-electron chi connectivity index (χ4n) is 1.84. The zero-order chi connectivity index (χ0) is 11.8. The lowest BCUT2D eigenvalue weighted by Gasteiger charge is -1.99. The van der Waals surface area contributed by atoms with Gasteiger partial charge in [0.05, 0.1) is 6.54 Å². The van der Waals surface area contributed by atoms with E-state index in [1.54, 1.807) is 6.92 Å². The van der Waals surface area contributed by atoms with Gasteiger partial charge in [-0.05, 0) is 12.8 Å². The summed E-state index contributed by atoms with van der Waals surface area (Å²) in [5.74, 6) is 0. The van der Waals surface area contributed by atoms with E-state index in [1.165, 1.54) is 38.5 Å². The summed E-state index contributed by atoms with van der Waals surface area (Å²) < 4.78 is 3.96. The van der Waals surface area contributed by atoms with E-state index in [0.29, 0.717) is 0 Å². The molecule has 100 valence electrons. The molecule has 0 bridgehead atoms. The Labute approximate surface area is 115 Å². The van der Waals surface area contributed by atoms with Crippen LogP contribution in [0, 0.1) is 0 Å². The summed E-state index contributed by atoms with van der Waals surface area (Å²) in [6.07, 6.45) is 13.4. The molecule has 0 fully saturated rings. The average Bonchev–Trinajstić information content (AvgIpc) is 2.72. The highest BCUT2D eigenvalue weighted by Gasteiger charge is 2.06. The summed E-state index contributed by atoms with van der Waals surface area (Å²) in [7, 11) is 0. The normalized spacial score (nSPS) is 12.2. The SMILES string of the molecule is CCCCCCCC[n+]1ccn(C(C)O)c1.[Br-]. The molecule has 3 nitrogen and oxygen atoms in total. The van der Waals surface area contributed by atoms with Gasteiger partial charge in [0.25, 0.3) is 0 Å². The topological polar surface area (TPSA) is 29.0 Å². The van der Waals surface area contributed by atoms with Crippen molar-refractivity contribution in [1.82, 2.24) is 4.57 Å². The highest BCUT2D eigenvalue weighted by atomic mass is 79.9. The van der Waals surface area contributed by atoms with Crippen LogP contribution in [-0.2, 0) is 6.54 Å². The molecule has 1 N–H and O–H groups in total. The first-order valence-corrected chi connectivity index (χ1v) is 6.48. The van der Waals surface area contributed by atoms with Gasteiger partial charge < -0.3 is 22.1 Å². The van der Waals surface area contributed by atoms with Crippen molar-refractivity contribution in [1.29, 1.82) is 0 Å². The molecule has 0 saturated carbocycles. The van der Waals surface area contributed by atoms with Crippen molar-refractivity contribution < 1.29 is 26.7 Å². The first kappa shape index (κ1) is 16.6. The zero-order valence-electron chi connectivity index (χ0n) is 11.0. The number of unbranched alkanes of at least 4 members (excludes halogenated alkanes) is 5. The van der Waals surface area contributed by atoms with E-state index >= 15 is 0 Å². The highest BCUT2D eigenvalue weighted by molar-refractivity contribution is 4.67. The Balaban J connectivity index is 0.00000256. The minimum Gasteiger partial charge on any atom is -1.00 e. The quantitative estimate of drug-likeness (QED) is 0.516. The van der Waals surface area contributed by atoms with Gasteiger partial charge in [0, 0.05) is 6.92 Å². The summed E-state index contributed by atoms with van der Waals surface area (Å²) in [6.45, 7) is 5.08. The lowest BCUT2D eigenvalue weighted by atomic mass is 10.1. The van der Waals surface area contributed by atoms with E-state index in [1.807, 2.05) is 23.3 Å². The maximum Gasteiger partial charge on any atom is 0.245 e. The largest absolute Gasteiger partial charge is 1.00 e. The van der Waals surface area contributed by atoms with Gasteiger partial charge in [0.2, 0.25) is 6.33 Å². The van der Waals surface area contributed by atoms with Crippen LogP contribution in [0.5, 0.6) is 0 Å². The number of aliphatic hydroxyl groups excluding tert-OH is 1. The first-order valence-electron chi connectivity index (χ1n) is 6.48. The van der Waals surface area contributed by atoms with Gasteiger partial charge in [-0.2, -0.15) is 0 Å². The fourth-order valence-corrected chi connectivity index (χ4v) is 1.84. The minimum absolute atomic E-state index is 0. The molecule has 0 aliphatic carbocycles. The second kappa shape index (κ2) is 9.66. The third-order valence-electron chi connectivity index (χ3n) is 2.91. The molecule has 4 heteroatoms. The number of rotatable bonds is 8. The Bertz CT molecular complexity index is 287. The van der Waals surface area contributed by atoms with Crippen molar-refractivity contribution in [3.63, 3.8) is 0 Å². The molecule has 0 spiro atoms. The molecule has 17 heavy (non-hydrogen) atoms. The molecule has 0 aliphatic rings. The molecular formula is C13H25BrN2O. The van der Waals surface area contributed by atoms with Crippen molar-refractivity contribution in [2.45, 2.75) is 65.1 Å². The Morgan fingerprint density at radius 2 is 1.82 bits per heavy atom. The van der Waals surface area contributed by atoms with Gasteiger partial charge in [0.1, 0.15) is 12.4 Å². The number of hydrogen-bond acceptors (Lipinski definition) is 1. The molecule has 1 heterocycles. The molecule has 1 atom stereocenters. The molecule has 0 aliphatic heterocycles. The van der Waals surface area contributed by atoms with E-state index in [0.717, 1.165) is 6.54 Å². The Kier molecular flexibility index (Phi) is 9.46. The van der Waals surface area contributed by atoms with E-state index in [2.05, 4.69) is 11.5 Å². The van der Waals surface area contributed by atoms with Crippen molar-refractivity contribution in [2.24, 2.45) is 0 Å². The predicted molar refractivity (Wildman–Crippen MR) is 64.9 cm³/mol. The molecule has 0 radical (unpaired) electrons. The fraction of sp³-hybridized carbons (Fsp3) is 0.769. The van der Waals surface area contributed by atoms with Crippen LogP contribution in [-0.4, -0.2) is 9.67 Å². The van der Waals surface area contributed by atoms with Gasteiger partial charge in [-0.1, -0.05) is 32.6 Å². The van der Waals surface area contributed by atoms with Crippen LogP contribution in [0.4, 0.5) is 0 Å². The van der Waals surface area contributed by atoms with Crippen LogP contribution in [0.15, 0.2) is 18.7 Å². The summed E-state index contributed by atoms with van der Waals surface area (Å²) in [6, 6.07) is 0. The van der Waals surface area contributed by atoms with Gasteiger partial charge in [0.15, 0.2) is 6.23 Å². The van der Waals surface area contributed by atoms with Crippen LogP contribution < -0.4 is 21.5 Å². The standard InChI is InChI=1S/C13H25N2O.BrH/c1-3-4-5-6-7-8-9-14-10-11-15(12-14)13(2)16;/h10-13,16H,3-9H2,1-2H3;1H/q+1;/p-1. The number of aryl methyl sites for hydroxylation is 1. The molecule has 0 amide bonds. The van der Waals surface area contributed by atoms with Crippen LogP contribution in [0.1, 0.15) is 58.6 Å². The third kappa shape index (κ3) is 6.84. The third-order valence-corrected chi connectivity index (χ3v) is 2.91. The van der Waals surface area contributed by atoms with Crippen LogP contribution in [0.3, 0.4) is 0 Å². The summed E-state index contributed by atoms with van der Waals surface area (Å²) in [5.41, 5.74) is 0. The smallest absolute Gasteiger partial charge is 0.245 e. The monoisotopic (exact) mass is 304 g/mol. The van der Waals surface area contributed by atoms with E-state index in [-0.39, 0.29) is 17.0 Å².